The first-order valence-corrected chi connectivity index (χ1v) is 10.9. The molecule has 0 aliphatic carbocycles. The number of carbonyl (C=O) groups is 1. The smallest absolute Gasteiger partial charge is 0.269 e. The summed E-state index contributed by atoms with van der Waals surface area (Å²) in [5, 5.41) is 2.71. The Labute approximate surface area is 179 Å². The lowest BCUT2D eigenvalue weighted by Gasteiger charge is -2.25. The molecular weight excluding hydrogens is 420 g/mol. The van der Waals surface area contributed by atoms with Crippen LogP contribution < -0.4 is 19.5 Å². The monoisotopic (exact) mass is 440 g/mol. The maximum Gasteiger partial charge on any atom is 0.269 e. The van der Waals surface area contributed by atoms with Gasteiger partial charge in [0.2, 0.25) is 6.10 Å². The van der Waals surface area contributed by atoms with Crippen molar-refractivity contribution in [3.63, 3.8) is 0 Å². The van der Waals surface area contributed by atoms with E-state index in [0.29, 0.717) is 28.7 Å². The molecule has 0 saturated heterocycles. The fourth-order valence-electron chi connectivity index (χ4n) is 3.05. The zero-order valence-corrected chi connectivity index (χ0v) is 17.6. The summed E-state index contributed by atoms with van der Waals surface area (Å²) in [5.74, 6) is 1.35. The van der Waals surface area contributed by atoms with Crippen molar-refractivity contribution in [1.82, 2.24) is 9.97 Å². The van der Waals surface area contributed by atoms with Gasteiger partial charge in [-0.15, -0.1) is 0 Å². The molecule has 9 nitrogen and oxygen atoms in total. The van der Waals surface area contributed by atoms with E-state index in [2.05, 4.69) is 20.0 Å². The molecule has 1 atom stereocenters. The third kappa shape index (κ3) is 4.75. The number of para-hydroxylation sites is 2. The average Bonchev–Trinajstić information content (AvgIpc) is 2.72. The first kappa shape index (κ1) is 20.6. The summed E-state index contributed by atoms with van der Waals surface area (Å²) in [6, 6.07) is 14.4. The van der Waals surface area contributed by atoms with Gasteiger partial charge >= 0.3 is 0 Å². The molecule has 0 spiro atoms. The molecule has 31 heavy (non-hydrogen) atoms. The summed E-state index contributed by atoms with van der Waals surface area (Å²) in [7, 11) is -3.84. The highest BCUT2D eigenvalue weighted by Crippen LogP contribution is 2.31. The van der Waals surface area contributed by atoms with Crippen molar-refractivity contribution in [2.75, 3.05) is 16.6 Å². The maximum atomic E-state index is 12.6. The van der Waals surface area contributed by atoms with Gasteiger partial charge in [0.15, 0.2) is 11.5 Å². The van der Waals surface area contributed by atoms with E-state index in [1.54, 1.807) is 38.1 Å². The van der Waals surface area contributed by atoms with Gasteiger partial charge in [-0.3, -0.25) is 9.52 Å². The molecule has 1 aliphatic heterocycles. The Hall–Kier alpha value is -3.66. The van der Waals surface area contributed by atoms with Crippen LogP contribution in [0.1, 0.15) is 11.5 Å². The predicted octanol–water partition coefficient (Wildman–Crippen LogP) is 2.67. The second-order valence-electron chi connectivity index (χ2n) is 6.93. The van der Waals surface area contributed by atoms with Gasteiger partial charge in [0.05, 0.1) is 4.90 Å². The molecule has 0 radical (unpaired) electrons. The van der Waals surface area contributed by atoms with E-state index in [-0.39, 0.29) is 17.3 Å². The van der Waals surface area contributed by atoms with Crippen LogP contribution in [0.15, 0.2) is 59.5 Å². The Morgan fingerprint density at radius 3 is 2.45 bits per heavy atom. The number of nitrogens with one attached hydrogen (secondary N) is 2. The fraction of sp³-hybridized carbons (Fsp3) is 0.190. The fourth-order valence-corrected chi connectivity index (χ4v) is 4.05. The van der Waals surface area contributed by atoms with Crippen LogP contribution in [0.3, 0.4) is 0 Å². The summed E-state index contributed by atoms with van der Waals surface area (Å²) in [6.45, 7) is 3.52. The molecule has 0 fully saturated rings. The number of rotatable bonds is 5. The minimum absolute atomic E-state index is 0.0330. The highest BCUT2D eigenvalue weighted by Gasteiger charge is 2.27. The summed E-state index contributed by atoms with van der Waals surface area (Å²) < 4.78 is 38.9. The SMILES string of the molecule is Cc1cc(NS(=O)(=O)c2ccc(NC(=O)C3COc4ccccc4O3)cc2)nc(C)n1. The molecule has 1 aromatic heterocycles. The van der Waals surface area contributed by atoms with E-state index in [4.69, 9.17) is 9.47 Å². The zero-order valence-electron chi connectivity index (χ0n) is 16.8. The van der Waals surface area contributed by atoms with Crippen LogP contribution in [0, 0.1) is 13.8 Å². The first-order valence-electron chi connectivity index (χ1n) is 9.45. The maximum absolute atomic E-state index is 12.6. The molecule has 4 rings (SSSR count). The standard InChI is InChI=1S/C21H20N4O5S/c1-13-11-20(23-14(2)22-13)25-31(27,28)16-9-7-15(8-10-16)24-21(26)19-12-29-17-5-3-4-6-18(17)30-19/h3-11,19H,12H2,1-2H3,(H,24,26)(H,22,23,25). The van der Waals surface area contributed by atoms with Crippen molar-refractivity contribution >= 4 is 27.4 Å². The lowest BCUT2D eigenvalue weighted by molar-refractivity contribution is -0.125. The highest BCUT2D eigenvalue weighted by atomic mass is 32.2. The minimum atomic E-state index is -3.84. The first-order chi connectivity index (χ1) is 14.8. The second kappa shape index (κ2) is 8.23. The zero-order chi connectivity index (χ0) is 22.0. The van der Waals surface area contributed by atoms with Crippen molar-refractivity contribution in [3.05, 3.63) is 66.1 Å². The van der Waals surface area contributed by atoms with Crippen molar-refractivity contribution < 1.29 is 22.7 Å². The molecule has 0 saturated carbocycles. The van der Waals surface area contributed by atoms with Gasteiger partial charge in [-0.25, -0.2) is 18.4 Å². The molecule has 0 bridgehead atoms. The number of hydrogen-bond acceptors (Lipinski definition) is 7. The average molecular weight is 440 g/mol. The molecule has 160 valence electrons. The number of amides is 1. The Bertz CT molecular complexity index is 1210. The van der Waals surface area contributed by atoms with Gasteiger partial charge in [-0.1, -0.05) is 12.1 Å². The highest BCUT2D eigenvalue weighted by molar-refractivity contribution is 7.92. The number of anilines is 2. The van der Waals surface area contributed by atoms with E-state index in [0.717, 1.165) is 0 Å². The number of fused-ring (bicyclic) bond motifs is 1. The predicted molar refractivity (Wildman–Crippen MR) is 114 cm³/mol. The second-order valence-corrected chi connectivity index (χ2v) is 8.61. The number of carbonyl (C=O) groups excluding carboxylic acids is 1. The molecule has 10 heteroatoms. The van der Waals surface area contributed by atoms with Crippen LogP contribution in [0.25, 0.3) is 0 Å². The summed E-state index contributed by atoms with van der Waals surface area (Å²) >= 11 is 0. The van der Waals surface area contributed by atoms with Crippen molar-refractivity contribution in [1.29, 1.82) is 0 Å². The topological polar surface area (TPSA) is 120 Å². The lowest BCUT2D eigenvalue weighted by Crippen LogP contribution is -2.40. The van der Waals surface area contributed by atoms with Gasteiger partial charge in [0, 0.05) is 17.4 Å². The normalized spacial score (nSPS) is 15.2. The molecule has 3 aromatic rings. The molecule has 1 aliphatic rings. The van der Waals surface area contributed by atoms with Crippen molar-refractivity contribution in [2.24, 2.45) is 0 Å². The summed E-state index contributed by atoms with van der Waals surface area (Å²) in [5.41, 5.74) is 1.08. The Morgan fingerprint density at radius 2 is 1.74 bits per heavy atom. The van der Waals surface area contributed by atoms with Crippen LogP contribution in [0.2, 0.25) is 0 Å². The number of aryl methyl sites for hydroxylation is 2. The quantitative estimate of drug-likeness (QED) is 0.626. The van der Waals surface area contributed by atoms with E-state index in [1.165, 1.54) is 24.3 Å². The van der Waals surface area contributed by atoms with E-state index < -0.39 is 22.0 Å². The number of ether oxygens (including phenoxy) is 2. The van der Waals surface area contributed by atoms with Gasteiger partial charge in [0.1, 0.15) is 18.2 Å². The molecule has 1 unspecified atom stereocenters. The number of nitrogens with zero attached hydrogens (tertiary/aromatic N) is 2. The minimum Gasteiger partial charge on any atom is -0.485 e. The number of benzene rings is 2. The molecule has 2 N–H and O–H groups in total. The van der Waals surface area contributed by atoms with Crippen LogP contribution in [-0.2, 0) is 14.8 Å². The Balaban J connectivity index is 1.42. The van der Waals surface area contributed by atoms with E-state index >= 15 is 0 Å². The summed E-state index contributed by atoms with van der Waals surface area (Å²) in [6.07, 6.45) is -0.816. The van der Waals surface area contributed by atoms with Gasteiger partial charge in [-0.05, 0) is 50.2 Å². The van der Waals surface area contributed by atoms with Crippen LogP contribution >= 0.6 is 0 Å². The third-order valence-electron chi connectivity index (χ3n) is 4.44. The molecule has 2 aromatic carbocycles. The number of sulfonamides is 1. The summed E-state index contributed by atoms with van der Waals surface area (Å²) in [4.78, 5) is 20.7. The number of hydrogen-bond donors (Lipinski definition) is 2. The third-order valence-corrected chi connectivity index (χ3v) is 5.81. The van der Waals surface area contributed by atoms with Gasteiger partial charge in [0.25, 0.3) is 15.9 Å². The van der Waals surface area contributed by atoms with Crippen molar-refractivity contribution in [3.8, 4) is 11.5 Å². The van der Waals surface area contributed by atoms with Crippen LogP contribution in [0.4, 0.5) is 11.5 Å². The van der Waals surface area contributed by atoms with Gasteiger partial charge < -0.3 is 14.8 Å². The lowest BCUT2D eigenvalue weighted by atomic mass is 10.2. The van der Waals surface area contributed by atoms with E-state index in [1.807, 2.05) is 6.07 Å². The molecule has 2 heterocycles. The van der Waals surface area contributed by atoms with Crippen LogP contribution in [0.5, 0.6) is 11.5 Å². The molecule has 1 amide bonds. The Kier molecular flexibility index (Phi) is 5.47. The largest absolute Gasteiger partial charge is 0.485 e. The molecular formula is C21H20N4O5S. The van der Waals surface area contributed by atoms with Crippen molar-refractivity contribution in [2.45, 2.75) is 24.8 Å². The van der Waals surface area contributed by atoms with E-state index in [9.17, 15) is 13.2 Å². The number of aromatic nitrogens is 2. The van der Waals surface area contributed by atoms with Crippen LogP contribution in [-0.4, -0.2) is 37.0 Å². The van der Waals surface area contributed by atoms with Gasteiger partial charge in [-0.2, -0.15) is 0 Å². The Morgan fingerprint density at radius 1 is 1.03 bits per heavy atom.